The smallest absolute Gasteiger partial charge is 0.363 e. The Balaban J connectivity index is 1.55. The molecule has 10 heteroatoms. The van der Waals surface area contributed by atoms with Gasteiger partial charge in [-0.3, -0.25) is 19.8 Å². The largest absolute Gasteiger partial charge is 0.416 e. The number of carbonyl (C=O) groups excluding carboxylic acids is 1. The summed E-state index contributed by atoms with van der Waals surface area (Å²) in [7, 11) is 0. The Morgan fingerprint density at radius 2 is 1.73 bits per heavy atom. The van der Waals surface area contributed by atoms with E-state index in [1.165, 1.54) is 0 Å². The first-order valence-electron chi connectivity index (χ1n) is 9.42. The van der Waals surface area contributed by atoms with Crippen molar-refractivity contribution in [2.24, 2.45) is 0 Å². The van der Waals surface area contributed by atoms with Gasteiger partial charge >= 0.3 is 6.18 Å². The summed E-state index contributed by atoms with van der Waals surface area (Å²) in [5.41, 5.74) is -0.696. The number of nitro groups is 1. The minimum Gasteiger partial charge on any atom is -0.363 e. The number of alkyl halides is 3. The Labute approximate surface area is 171 Å². The second kappa shape index (κ2) is 9.12. The molecule has 1 amide bonds. The third kappa shape index (κ3) is 5.47. The van der Waals surface area contributed by atoms with Crippen LogP contribution >= 0.6 is 0 Å². The Morgan fingerprint density at radius 3 is 2.33 bits per heavy atom. The molecule has 2 aromatic carbocycles. The molecule has 0 aliphatic carbocycles. The van der Waals surface area contributed by atoms with E-state index >= 15 is 0 Å². The summed E-state index contributed by atoms with van der Waals surface area (Å²) in [4.78, 5) is 26.3. The van der Waals surface area contributed by atoms with E-state index < -0.39 is 22.4 Å². The standard InChI is InChI=1S/C20H21F3N4O3/c21-20(22,23)15-6-7-17(18(14-15)27(29)30)26-12-10-25(11-13-26)9-8-19(28)24-16-4-2-1-3-5-16/h1-7,14H,8-13H2,(H,24,28). The summed E-state index contributed by atoms with van der Waals surface area (Å²) in [6.45, 7) is 2.48. The van der Waals surface area contributed by atoms with E-state index in [9.17, 15) is 28.1 Å². The first-order valence-corrected chi connectivity index (χ1v) is 9.42. The van der Waals surface area contributed by atoms with Crippen LogP contribution in [0.2, 0.25) is 0 Å². The summed E-state index contributed by atoms with van der Waals surface area (Å²) in [6, 6.07) is 11.7. The summed E-state index contributed by atoms with van der Waals surface area (Å²) >= 11 is 0. The number of nitrogens with zero attached hydrogens (tertiary/aromatic N) is 3. The summed E-state index contributed by atoms with van der Waals surface area (Å²) < 4.78 is 38.6. The SMILES string of the molecule is O=C(CCN1CCN(c2ccc(C(F)(F)F)cc2[N+](=O)[O-])CC1)Nc1ccccc1. The highest BCUT2D eigenvalue weighted by Gasteiger charge is 2.34. The van der Waals surface area contributed by atoms with E-state index in [4.69, 9.17) is 0 Å². The second-order valence-electron chi connectivity index (χ2n) is 6.95. The third-order valence-corrected chi connectivity index (χ3v) is 4.93. The number of nitro benzene ring substituents is 1. The van der Waals surface area contributed by atoms with Crippen molar-refractivity contribution in [1.82, 2.24) is 4.90 Å². The fraction of sp³-hybridized carbons (Fsp3) is 0.350. The summed E-state index contributed by atoms with van der Waals surface area (Å²) in [5, 5.41) is 14.1. The molecule has 0 bridgehead atoms. The van der Waals surface area contributed by atoms with Crippen LogP contribution < -0.4 is 10.2 Å². The topological polar surface area (TPSA) is 78.7 Å². The third-order valence-electron chi connectivity index (χ3n) is 4.93. The highest BCUT2D eigenvalue weighted by Crippen LogP contribution is 2.36. The van der Waals surface area contributed by atoms with Crippen LogP contribution in [0.25, 0.3) is 0 Å². The van der Waals surface area contributed by atoms with Gasteiger partial charge in [0.25, 0.3) is 5.69 Å². The van der Waals surface area contributed by atoms with Gasteiger partial charge in [0, 0.05) is 50.9 Å². The Kier molecular flexibility index (Phi) is 6.56. The molecule has 2 aromatic rings. The molecule has 0 saturated carbocycles. The molecule has 160 valence electrons. The molecular weight excluding hydrogens is 401 g/mol. The zero-order valence-electron chi connectivity index (χ0n) is 16.1. The maximum Gasteiger partial charge on any atom is 0.416 e. The van der Waals surface area contributed by atoms with Crippen LogP contribution in [0.15, 0.2) is 48.5 Å². The van der Waals surface area contributed by atoms with Gasteiger partial charge in [0.2, 0.25) is 5.91 Å². The minimum absolute atomic E-state index is 0.109. The first-order chi connectivity index (χ1) is 14.2. The lowest BCUT2D eigenvalue weighted by Crippen LogP contribution is -2.47. The van der Waals surface area contributed by atoms with Gasteiger partial charge in [0.15, 0.2) is 0 Å². The normalized spacial score (nSPS) is 15.1. The van der Waals surface area contributed by atoms with Crippen LogP contribution in [0.1, 0.15) is 12.0 Å². The number of nitrogens with one attached hydrogen (secondary N) is 1. The lowest BCUT2D eigenvalue weighted by molar-refractivity contribution is -0.384. The molecule has 1 saturated heterocycles. The zero-order valence-corrected chi connectivity index (χ0v) is 16.1. The fourth-order valence-electron chi connectivity index (χ4n) is 3.33. The number of hydrogen-bond acceptors (Lipinski definition) is 5. The van der Waals surface area contributed by atoms with Crippen LogP contribution in [0.3, 0.4) is 0 Å². The number of rotatable bonds is 6. The number of amides is 1. The molecule has 0 radical (unpaired) electrons. The molecular formula is C20H21F3N4O3. The van der Waals surface area contributed by atoms with Crippen LogP contribution in [-0.2, 0) is 11.0 Å². The Hall–Kier alpha value is -3.14. The van der Waals surface area contributed by atoms with Crippen molar-refractivity contribution < 1.29 is 22.9 Å². The van der Waals surface area contributed by atoms with Crippen molar-refractivity contribution >= 4 is 23.0 Å². The van der Waals surface area contributed by atoms with Gasteiger partial charge < -0.3 is 10.2 Å². The number of piperazine rings is 1. The van der Waals surface area contributed by atoms with Crippen molar-refractivity contribution in [3.05, 3.63) is 64.2 Å². The number of para-hydroxylation sites is 1. The Bertz CT molecular complexity index is 898. The number of benzene rings is 2. The second-order valence-corrected chi connectivity index (χ2v) is 6.95. The Morgan fingerprint density at radius 1 is 1.07 bits per heavy atom. The first kappa shape index (κ1) is 21.6. The van der Waals surface area contributed by atoms with E-state index in [0.717, 1.165) is 17.8 Å². The average Bonchev–Trinajstić information content (AvgIpc) is 2.72. The van der Waals surface area contributed by atoms with E-state index in [1.54, 1.807) is 17.0 Å². The maximum atomic E-state index is 12.9. The molecule has 7 nitrogen and oxygen atoms in total. The van der Waals surface area contributed by atoms with Gasteiger partial charge in [0.05, 0.1) is 10.5 Å². The van der Waals surface area contributed by atoms with Gasteiger partial charge in [-0.25, -0.2) is 0 Å². The van der Waals surface area contributed by atoms with E-state index in [2.05, 4.69) is 10.2 Å². The van der Waals surface area contributed by atoms with Gasteiger partial charge in [-0.15, -0.1) is 0 Å². The van der Waals surface area contributed by atoms with Gasteiger partial charge in [-0.2, -0.15) is 13.2 Å². The fourth-order valence-corrected chi connectivity index (χ4v) is 3.33. The van der Waals surface area contributed by atoms with Gasteiger partial charge in [0.1, 0.15) is 5.69 Å². The van der Waals surface area contributed by atoms with Crippen molar-refractivity contribution in [2.45, 2.75) is 12.6 Å². The molecule has 1 heterocycles. The molecule has 30 heavy (non-hydrogen) atoms. The van der Waals surface area contributed by atoms with Gasteiger partial charge in [-0.1, -0.05) is 18.2 Å². The minimum atomic E-state index is -4.64. The zero-order chi connectivity index (χ0) is 21.7. The number of carbonyl (C=O) groups is 1. The van der Waals surface area contributed by atoms with Gasteiger partial charge in [-0.05, 0) is 24.3 Å². The predicted molar refractivity (Wildman–Crippen MR) is 106 cm³/mol. The maximum absolute atomic E-state index is 12.9. The van der Waals surface area contributed by atoms with E-state index in [0.29, 0.717) is 45.2 Å². The van der Waals surface area contributed by atoms with Crippen molar-refractivity contribution in [1.29, 1.82) is 0 Å². The van der Waals surface area contributed by atoms with E-state index in [1.807, 2.05) is 18.2 Å². The summed E-state index contributed by atoms with van der Waals surface area (Å²) in [5.74, 6) is -0.109. The number of anilines is 2. The molecule has 0 spiro atoms. The average molecular weight is 422 g/mol. The predicted octanol–water partition coefficient (Wildman–Crippen LogP) is 3.76. The highest BCUT2D eigenvalue weighted by molar-refractivity contribution is 5.90. The molecule has 1 aliphatic rings. The van der Waals surface area contributed by atoms with Crippen molar-refractivity contribution in [2.75, 3.05) is 42.9 Å². The molecule has 0 atom stereocenters. The number of halogens is 3. The lowest BCUT2D eigenvalue weighted by atomic mass is 10.1. The van der Waals surface area contributed by atoms with Crippen LogP contribution in [0.4, 0.5) is 30.2 Å². The summed E-state index contributed by atoms with van der Waals surface area (Å²) in [6.07, 6.45) is -4.34. The lowest BCUT2D eigenvalue weighted by Gasteiger charge is -2.35. The molecule has 0 aromatic heterocycles. The van der Waals surface area contributed by atoms with Crippen molar-refractivity contribution in [3.63, 3.8) is 0 Å². The molecule has 1 N–H and O–H groups in total. The van der Waals surface area contributed by atoms with Crippen LogP contribution in [0, 0.1) is 10.1 Å². The molecule has 3 rings (SSSR count). The van der Waals surface area contributed by atoms with Crippen LogP contribution in [-0.4, -0.2) is 48.5 Å². The quantitative estimate of drug-likeness (QED) is 0.567. The molecule has 0 unspecified atom stereocenters. The van der Waals surface area contributed by atoms with E-state index in [-0.39, 0.29) is 11.6 Å². The highest BCUT2D eigenvalue weighted by atomic mass is 19.4. The molecule has 1 aliphatic heterocycles. The van der Waals surface area contributed by atoms with Crippen molar-refractivity contribution in [3.8, 4) is 0 Å². The number of hydrogen-bond donors (Lipinski definition) is 1. The monoisotopic (exact) mass is 422 g/mol. The molecule has 1 fully saturated rings. The van der Waals surface area contributed by atoms with Crippen LogP contribution in [0.5, 0.6) is 0 Å².